The maximum absolute atomic E-state index is 13.0. The highest BCUT2D eigenvalue weighted by Crippen LogP contribution is 2.18. The van der Waals surface area contributed by atoms with Crippen molar-refractivity contribution in [3.8, 4) is 0 Å². The summed E-state index contributed by atoms with van der Waals surface area (Å²) in [6.07, 6.45) is 0. The summed E-state index contributed by atoms with van der Waals surface area (Å²) in [5.74, 6) is -0.956. The van der Waals surface area contributed by atoms with Gasteiger partial charge in [0.05, 0.1) is 4.90 Å². The first-order chi connectivity index (χ1) is 15.2. The second-order valence-electron chi connectivity index (χ2n) is 7.07. The summed E-state index contributed by atoms with van der Waals surface area (Å²) >= 11 is 0. The van der Waals surface area contributed by atoms with Crippen LogP contribution >= 0.6 is 0 Å². The van der Waals surface area contributed by atoms with E-state index in [4.69, 9.17) is 0 Å². The molecule has 0 radical (unpaired) electrons. The molecule has 0 aliphatic heterocycles. The third kappa shape index (κ3) is 5.50. The number of carbonyl (C=O) groups excluding carboxylic acids is 2. The van der Waals surface area contributed by atoms with Gasteiger partial charge in [-0.2, -0.15) is 0 Å². The molecule has 166 valence electrons. The van der Waals surface area contributed by atoms with E-state index in [0.717, 1.165) is 17.7 Å². The molecule has 0 saturated carbocycles. The molecule has 0 aliphatic rings. The van der Waals surface area contributed by atoms with Crippen LogP contribution in [0.2, 0.25) is 0 Å². The molecular weight excluding hydrogens is 433 g/mol. The molecule has 3 aromatic carbocycles. The summed E-state index contributed by atoms with van der Waals surface area (Å²) in [5.41, 5.74) is 2.05. The van der Waals surface area contributed by atoms with E-state index in [1.54, 1.807) is 38.4 Å². The third-order valence-corrected chi connectivity index (χ3v) is 6.11. The molecule has 0 aliphatic carbocycles. The van der Waals surface area contributed by atoms with E-state index in [-0.39, 0.29) is 22.4 Å². The number of carbonyl (C=O) groups is 2. The number of hydrogen-bond acceptors (Lipinski definition) is 4. The Hall–Kier alpha value is -3.72. The van der Waals surface area contributed by atoms with E-state index in [2.05, 4.69) is 10.0 Å². The molecule has 7 nitrogen and oxygen atoms in total. The van der Waals surface area contributed by atoms with Gasteiger partial charge >= 0.3 is 0 Å². The fraction of sp³-hybridized carbons (Fsp3) is 0.130. The van der Waals surface area contributed by atoms with E-state index in [1.165, 1.54) is 41.3 Å². The maximum atomic E-state index is 13.0. The largest absolute Gasteiger partial charge is 0.355 e. The summed E-state index contributed by atoms with van der Waals surface area (Å²) in [5, 5.41) is 2.55. The zero-order valence-corrected chi connectivity index (χ0v) is 18.3. The fourth-order valence-electron chi connectivity index (χ4n) is 2.98. The molecule has 0 bridgehead atoms. The Bertz CT molecular complexity index is 1210. The second-order valence-corrected chi connectivity index (χ2v) is 8.76. The van der Waals surface area contributed by atoms with Crippen LogP contribution in [-0.2, 0) is 16.6 Å². The van der Waals surface area contributed by atoms with Crippen molar-refractivity contribution in [3.63, 3.8) is 0 Å². The van der Waals surface area contributed by atoms with Crippen LogP contribution in [-0.4, -0.2) is 39.2 Å². The molecule has 2 amide bonds. The summed E-state index contributed by atoms with van der Waals surface area (Å²) < 4.78 is 40.2. The Kier molecular flexibility index (Phi) is 6.89. The number of sulfonamides is 1. The topological polar surface area (TPSA) is 95.6 Å². The number of hydrogen-bond donors (Lipinski definition) is 2. The Balaban J connectivity index is 1.65. The minimum Gasteiger partial charge on any atom is -0.355 e. The summed E-state index contributed by atoms with van der Waals surface area (Å²) in [6, 6.07) is 17.4. The van der Waals surface area contributed by atoms with Crippen molar-refractivity contribution >= 4 is 27.5 Å². The van der Waals surface area contributed by atoms with Gasteiger partial charge < -0.3 is 10.2 Å². The molecule has 9 heteroatoms. The Morgan fingerprint density at radius 2 is 1.44 bits per heavy atom. The van der Waals surface area contributed by atoms with Crippen LogP contribution < -0.4 is 10.0 Å². The van der Waals surface area contributed by atoms with Gasteiger partial charge in [-0.15, -0.1) is 0 Å². The lowest BCUT2D eigenvalue weighted by atomic mass is 10.1. The van der Waals surface area contributed by atoms with Gasteiger partial charge in [0.15, 0.2) is 0 Å². The number of nitrogens with one attached hydrogen (secondary N) is 2. The van der Waals surface area contributed by atoms with Gasteiger partial charge in [0.1, 0.15) is 5.82 Å². The van der Waals surface area contributed by atoms with Crippen molar-refractivity contribution in [3.05, 3.63) is 95.3 Å². The molecule has 0 fully saturated rings. The number of halogens is 1. The van der Waals surface area contributed by atoms with E-state index < -0.39 is 15.8 Å². The van der Waals surface area contributed by atoms with E-state index in [0.29, 0.717) is 17.7 Å². The summed E-state index contributed by atoms with van der Waals surface area (Å²) in [6.45, 7) is 0.339. The van der Waals surface area contributed by atoms with Crippen LogP contribution in [0.3, 0.4) is 0 Å². The van der Waals surface area contributed by atoms with Crippen LogP contribution in [0, 0.1) is 5.82 Å². The lowest BCUT2D eigenvalue weighted by Gasteiger charge is -2.18. The van der Waals surface area contributed by atoms with Gasteiger partial charge in [-0.25, -0.2) is 12.8 Å². The SMILES string of the molecule is CNC(=O)c1ccc(CN(C)C(=O)c2ccc(NS(=O)(=O)c3ccc(F)cc3)cc2)cc1. The monoisotopic (exact) mass is 455 g/mol. The minimum absolute atomic E-state index is 0.0683. The molecule has 0 aromatic heterocycles. The van der Waals surface area contributed by atoms with E-state index in [1.807, 2.05) is 0 Å². The molecule has 2 N–H and O–H groups in total. The molecule has 0 atom stereocenters. The van der Waals surface area contributed by atoms with E-state index in [9.17, 15) is 22.4 Å². The molecule has 0 unspecified atom stereocenters. The predicted molar refractivity (Wildman–Crippen MR) is 119 cm³/mol. The molecular formula is C23H22FN3O4S. The Morgan fingerprint density at radius 1 is 0.875 bits per heavy atom. The molecule has 3 rings (SSSR count). The first kappa shape index (κ1) is 23.0. The van der Waals surface area contributed by atoms with Crippen LogP contribution in [0.25, 0.3) is 0 Å². The zero-order valence-electron chi connectivity index (χ0n) is 17.5. The highest BCUT2D eigenvalue weighted by Gasteiger charge is 2.16. The van der Waals surface area contributed by atoms with Crippen LogP contribution in [0.1, 0.15) is 26.3 Å². The number of amides is 2. The van der Waals surface area contributed by atoms with Gasteiger partial charge in [0.2, 0.25) is 0 Å². The molecule has 0 heterocycles. The van der Waals surface area contributed by atoms with Crippen molar-refractivity contribution in [2.24, 2.45) is 0 Å². The molecule has 32 heavy (non-hydrogen) atoms. The van der Waals surface area contributed by atoms with Gasteiger partial charge in [0.25, 0.3) is 21.8 Å². The molecule has 3 aromatic rings. The standard InChI is InChI=1S/C23H22FN3O4S/c1-25-22(28)17-5-3-16(4-6-17)15-27(2)23(29)18-7-11-20(12-8-18)26-32(30,31)21-13-9-19(24)10-14-21/h3-14,26H,15H2,1-2H3,(H,25,28). The Labute approximate surface area is 185 Å². The Morgan fingerprint density at radius 3 is 2.00 bits per heavy atom. The van der Waals surface area contributed by atoms with Crippen LogP contribution in [0.4, 0.5) is 10.1 Å². The number of anilines is 1. The highest BCUT2D eigenvalue weighted by atomic mass is 32.2. The van der Waals surface area contributed by atoms with Crippen molar-refractivity contribution in [1.29, 1.82) is 0 Å². The molecule has 0 saturated heterocycles. The van der Waals surface area contributed by atoms with Gasteiger partial charge in [-0.1, -0.05) is 12.1 Å². The van der Waals surface area contributed by atoms with Crippen molar-refractivity contribution in [2.45, 2.75) is 11.4 Å². The number of rotatable bonds is 7. The van der Waals surface area contributed by atoms with Gasteiger partial charge in [-0.05, 0) is 66.2 Å². The fourth-order valence-corrected chi connectivity index (χ4v) is 4.04. The average molecular weight is 456 g/mol. The second kappa shape index (κ2) is 9.61. The average Bonchev–Trinajstić information content (AvgIpc) is 2.79. The zero-order chi connectivity index (χ0) is 23.3. The van der Waals surface area contributed by atoms with Crippen molar-refractivity contribution < 1.29 is 22.4 Å². The van der Waals surface area contributed by atoms with Crippen molar-refractivity contribution in [2.75, 3.05) is 18.8 Å². The predicted octanol–water partition coefficient (Wildman–Crippen LogP) is 3.26. The van der Waals surface area contributed by atoms with E-state index >= 15 is 0 Å². The van der Waals surface area contributed by atoms with Crippen molar-refractivity contribution in [1.82, 2.24) is 10.2 Å². The first-order valence-electron chi connectivity index (χ1n) is 9.64. The smallest absolute Gasteiger partial charge is 0.261 e. The van der Waals surface area contributed by atoms with Crippen LogP contribution in [0.5, 0.6) is 0 Å². The lowest BCUT2D eigenvalue weighted by molar-refractivity contribution is 0.0784. The van der Waals surface area contributed by atoms with Gasteiger partial charge in [-0.3, -0.25) is 14.3 Å². The first-order valence-corrected chi connectivity index (χ1v) is 11.1. The maximum Gasteiger partial charge on any atom is 0.261 e. The lowest BCUT2D eigenvalue weighted by Crippen LogP contribution is -2.26. The summed E-state index contributed by atoms with van der Waals surface area (Å²) in [4.78, 5) is 25.8. The normalized spacial score (nSPS) is 11.0. The number of nitrogens with zero attached hydrogens (tertiary/aromatic N) is 1. The third-order valence-electron chi connectivity index (χ3n) is 4.72. The van der Waals surface area contributed by atoms with Crippen LogP contribution in [0.15, 0.2) is 77.7 Å². The quantitative estimate of drug-likeness (QED) is 0.572. The minimum atomic E-state index is -3.87. The molecule has 0 spiro atoms. The highest BCUT2D eigenvalue weighted by molar-refractivity contribution is 7.92. The van der Waals surface area contributed by atoms with Gasteiger partial charge in [0, 0.05) is 37.5 Å². The summed E-state index contributed by atoms with van der Waals surface area (Å²) in [7, 11) is -0.662. The number of benzene rings is 3.